The highest BCUT2D eigenvalue weighted by atomic mass is 32.2. The summed E-state index contributed by atoms with van der Waals surface area (Å²) >= 11 is 1.17. The average Bonchev–Trinajstić information content (AvgIpc) is 3.37. The zero-order valence-electron chi connectivity index (χ0n) is 18.8. The fourth-order valence-electron chi connectivity index (χ4n) is 3.61. The first kappa shape index (κ1) is 24.2. The fourth-order valence-corrected chi connectivity index (χ4v) is 6.47. The Balaban J connectivity index is 1.52. The summed E-state index contributed by atoms with van der Waals surface area (Å²) in [5.41, 5.74) is 2.05. The molecule has 2 aromatic carbocycles. The van der Waals surface area contributed by atoms with Crippen LogP contribution in [0.5, 0.6) is 5.75 Å². The molecule has 34 heavy (non-hydrogen) atoms. The summed E-state index contributed by atoms with van der Waals surface area (Å²) in [4.78, 5) is 14.0. The lowest BCUT2D eigenvalue weighted by molar-refractivity contribution is -0.115. The molecule has 1 aliphatic heterocycles. The Morgan fingerprint density at radius 1 is 1.06 bits per heavy atom. The number of thiophene rings is 1. The molecule has 0 atom stereocenters. The molecule has 9 heteroatoms. The summed E-state index contributed by atoms with van der Waals surface area (Å²) in [5, 5.41) is 2.93. The van der Waals surface area contributed by atoms with E-state index in [2.05, 4.69) is 5.32 Å². The van der Waals surface area contributed by atoms with Crippen LogP contribution in [0.1, 0.15) is 16.0 Å². The third-order valence-corrected chi connectivity index (χ3v) is 8.84. The molecule has 1 saturated heterocycles. The summed E-state index contributed by atoms with van der Waals surface area (Å²) in [6.45, 7) is 1.71. The normalized spacial score (nSPS) is 15.1. The van der Waals surface area contributed by atoms with Gasteiger partial charge in [0.25, 0.3) is 15.9 Å². The highest BCUT2D eigenvalue weighted by Crippen LogP contribution is 2.27. The number of sulfonamides is 1. The van der Waals surface area contributed by atoms with Gasteiger partial charge in [-0.25, -0.2) is 8.42 Å². The Bertz CT molecular complexity index is 1260. The van der Waals surface area contributed by atoms with Gasteiger partial charge < -0.3 is 14.8 Å². The average molecular weight is 499 g/mol. The van der Waals surface area contributed by atoms with E-state index in [-0.39, 0.29) is 16.7 Å². The molecule has 0 saturated carbocycles. The zero-order chi connectivity index (χ0) is 24.0. The first-order chi connectivity index (χ1) is 16.5. The van der Waals surface area contributed by atoms with Gasteiger partial charge in [-0.1, -0.05) is 48.5 Å². The van der Waals surface area contributed by atoms with Crippen LogP contribution in [0.4, 0.5) is 0 Å². The summed E-state index contributed by atoms with van der Waals surface area (Å²) in [6, 6.07) is 20.2. The maximum absolute atomic E-state index is 13.2. The van der Waals surface area contributed by atoms with E-state index in [1.807, 2.05) is 54.6 Å². The van der Waals surface area contributed by atoms with Crippen molar-refractivity contribution in [1.29, 1.82) is 0 Å². The number of para-hydroxylation sites is 1. The van der Waals surface area contributed by atoms with Gasteiger partial charge in [0.1, 0.15) is 9.96 Å². The molecule has 1 aliphatic rings. The van der Waals surface area contributed by atoms with E-state index in [0.29, 0.717) is 37.6 Å². The number of methoxy groups -OCH3 is 1. The molecule has 3 aromatic rings. The lowest BCUT2D eigenvalue weighted by Crippen LogP contribution is -2.40. The van der Waals surface area contributed by atoms with Crippen LogP contribution >= 0.6 is 11.3 Å². The molecule has 7 nitrogen and oxygen atoms in total. The van der Waals surface area contributed by atoms with Crippen LogP contribution in [0, 0.1) is 0 Å². The summed E-state index contributed by atoms with van der Waals surface area (Å²) < 4.78 is 38.1. The van der Waals surface area contributed by atoms with Crippen LogP contribution < -0.4 is 10.1 Å². The lowest BCUT2D eigenvalue weighted by atomic mass is 10.0. The van der Waals surface area contributed by atoms with Gasteiger partial charge >= 0.3 is 0 Å². The second-order valence-corrected chi connectivity index (χ2v) is 10.9. The first-order valence-electron chi connectivity index (χ1n) is 10.8. The third-order valence-electron chi connectivity index (χ3n) is 5.39. The number of carbonyl (C=O) groups is 1. The largest absolute Gasteiger partial charge is 0.496 e. The number of rotatable bonds is 8. The Hall–Kier alpha value is -2.98. The number of carbonyl (C=O) groups excluding carboxylic acids is 1. The van der Waals surface area contributed by atoms with Crippen LogP contribution in [0.2, 0.25) is 0 Å². The fraction of sp³-hybridized carbons (Fsp3) is 0.240. The number of nitrogens with one attached hydrogen (secondary N) is 1. The number of hydrogen-bond donors (Lipinski definition) is 1. The van der Waals surface area contributed by atoms with Crippen molar-refractivity contribution in [1.82, 2.24) is 9.62 Å². The number of morpholine rings is 1. The Morgan fingerprint density at radius 3 is 2.50 bits per heavy atom. The van der Waals surface area contributed by atoms with Gasteiger partial charge in [-0.3, -0.25) is 4.79 Å². The van der Waals surface area contributed by atoms with Crippen molar-refractivity contribution in [3.05, 3.63) is 82.7 Å². The van der Waals surface area contributed by atoms with Crippen molar-refractivity contribution >= 4 is 38.9 Å². The smallest absolute Gasteiger partial charge is 0.252 e. The van der Waals surface area contributed by atoms with Crippen molar-refractivity contribution in [2.24, 2.45) is 0 Å². The summed E-state index contributed by atoms with van der Waals surface area (Å²) in [7, 11) is -1.96. The van der Waals surface area contributed by atoms with Crippen molar-refractivity contribution in [3.8, 4) is 5.75 Å². The minimum Gasteiger partial charge on any atom is -0.496 e. The maximum Gasteiger partial charge on any atom is 0.252 e. The summed E-state index contributed by atoms with van der Waals surface area (Å²) in [6.07, 6.45) is 1.80. The zero-order valence-corrected chi connectivity index (χ0v) is 20.4. The molecule has 1 N–H and O–H groups in total. The number of amides is 1. The van der Waals surface area contributed by atoms with E-state index in [4.69, 9.17) is 9.47 Å². The van der Waals surface area contributed by atoms with Crippen molar-refractivity contribution in [2.75, 3.05) is 33.4 Å². The van der Waals surface area contributed by atoms with Crippen LogP contribution in [-0.4, -0.2) is 52.0 Å². The van der Waals surface area contributed by atoms with Gasteiger partial charge in [-0.05, 0) is 29.8 Å². The first-order valence-corrected chi connectivity index (χ1v) is 13.1. The number of ether oxygens (including phenoxy) is 2. The quantitative estimate of drug-likeness (QED) is 0.379. The minimum absolute atomic E-state index is 0.220. The van der Waals surface area contributed by atoms with Crippen molar-refractivity contribution < 1.29 is 22.7 Å². The van der Waals surface area contributed by atoms with Gasteiger partial charge in [0, 0.05) is 29.1 Å². The molecule has 1 amide bonds. The molecule has 0 radical (unpaired) electrons. The second kappa shape index (κ2) is 11.0. The maximum atomic E-state index is 13.2. The van der Waals surface area contributed by atoms with Crippen molar-refractivity contribution in [3.63, 3.8) is 0 Å². The monoisotopic (exact) mass is 498 g/mol. The predicted octanol–water partition coefficient (Wildman–Crippen LogP) is 3.63. The highest BCUT2D eigenvalue weighted by molar-refractivity contribution is 7.91. The van der Waals surface area contributed by atoms with E-state index in [1.54, 1.807) is 25.3 Å². The van der Waals surface area contributed by atoms with Crippen molar-refractivity contribution in [2.45, 2.75) is 10.8 Å². The molecule has 4 rings (SSSR count). The van der Waals surface area contributed by atoms with Gasteiger partial charge in [-0.15, -0.1) is 11.3 Å². The van der Waals surface area contributed by atoms with Gasteiger partial charge in [0.2, 0.25) is 0 Å². The SMILES string of the molecule is COc1ccccc1/C=C(/C(=O)NCc1ccc(S(=O)(=O)N2CCOCC2)s1)c1ccccc1. The number of nitrogens with zero attached hydrogens (tertiary/aromatic N) is 1. The molecule has 0 spiro atoms. The Morgan fingerprint density at radius 2 is 1.76 bits per heavy atom. The Labute approximate surface area is 203 Å². The predicted molar refractivity (Wildman–Crippen MR) is 133 cm³/mol. The van der Waals surface area contributed by atoms with E-state index in [9.17, 15) is 13.2 Å². The number of benzene rings is 2. The lowest BCUT2D eigenvalue weighted by Gasteiger charge is -2.25. The molecule has 2 heterocycles. The van der Waals surface area contributed by atoms with Gasteiger partial charge in [0.05, 0.1) is 26.9 Å². The van der Waals surface area contributed by atoms with E-state index >= 15 is 0 Å². The van der Waals surface area contributed by atoms with Gasteiger partial charge in [0.15, 0.2) is 0 Å². The minimum atomic E-state index is -3.55. The molecule has 0 aliphatic carbocycles. The van der Waals surface area contributed by atoms with Gasteiger partial charge in [-0.2, -0.15) is 4.31 Å². The molecule has 0 unspecified atom stereocenters. The standard InChI is InChI=1S/C25H26N2O5S2/c1-31-23-10-6-5-9-20(23)17-22(19-7-3-2-4-8-19)25(28)26-18-21-11-12-24(33-21)34(29,30)27-13-15-32-16-14-27/h2-12,17H,13-16,18H2,1H3,(H,26,28)/b22-17+. The van der Waals surface area contributed by atoms with Crippen LogP contribution in [0.3, 0.4) is 0 Å². The second-order valence-electron chi connectivity index (χ2n) is 7.59. The summed E-state index contributed by atoms with van der Waals surface area (Å²) in [5.74, 6) is 0.406. The molecular formula is C25H26N2O5S2. The van der Waals surface area contributed by atoms with Crippen LogP contribution in [-0.2, 0) is 26.1 Å². The van der Waals surface area contributed by atoms with E-state index in [1.165, 1.54) is 15.6 Å². The number of hydrogen-bond acceptors (Lipinski definition) is 6. The Kier molecular flexibility index (Phi) is 7.79. The molecule has 178 valence electrons. The highest BCUT2D eigenvalue weighted by Gasteiger charge is 2.27. The molecule has 1 fully saturated rings. The molecule has 1 aromatic heterocycles. The molecule has 0 bridgehead atoms. The third kappa shape index (κ3) is 5.56. The molecular weight excluding hydrogens is 472 g/mol. The topological polar surface area (TPSA) is 84.9 Å². The van der Waals surface area contributed by atoms with Crippen LogP contribution in [0.15, 0.2) is 70.9 Å². The van der Waals surface area contributed by atoms with E-state index in [0.717, 1.165) is 16.0 Å². The van der Waals surface area contributed by atoms with Crippen LogP contribution in [0.25, 0.3) is 11.6 Å². The van der Waals surface area contributed by atoms with E-state index < -0.39 is 10.0 Å².